The predicted molar refractivity (Wildman–Crippen MR) is 109 cm³/mol. The SMILES string of the molecule is C[C@@H]1CCCN(Cc2c(-c3ccccc3)[nH]c3ccc(Cl)cc3c2=O)C1. The third-order valence-electron chi connectivity index (χ3n) is 5.25. The van der Waals surface area contributed by atoms with Crippen molar-refractivity contribution in [1.29, 1.82) is 0 Å². The summed E-state index contributed by atoms with van der Waals surface area (Å²) in [5.41, 5.74) is 3.71. The summed E-state index contributed by atoms with van der Waals surface area (Å²) in [5.74, 6) is 0.679. The van der Waals surface area contributed by atoms with Crippen LogP contribution in [0.15, 0.2) is 53.3 Å². The third kappa shape index (κ3) is 3.42. The van der Waals surface area contributed by atoms with Crippen LogP contribution >= 0.6 is 11.6 Å². The fraction of sp³-hybridized carbons (Fsp3) is 0.318. The molecule has 0 saturated carbocycles. The van der Waals surface area contributed by atoms with Gasteiger partial charge in [-0.1, -0.05) is 48.9 Å². The fourth-order valence-electron chi connectivity index (χ4n) is 3.96. The van der Waals surface area contributed by atoms with Crippen LogP contribution in [0.25, 0.3) is 22.2 Å². The van der Waals surface area contributed by atoms with Crippen molar-refractivity contribution >= 4 is 22.5 Å². The second kappa shape index (κ2) is 7.26. The molecular weight excluding hydrogens is 344 g/mol. The van der Waals surface area contributed by atoms with Gasteiger partial charge in [0.2, 0.25) is 0 Å². The second-order valence-electron chi connectivity index (χ2n) is 7.35. The predicted octanol–water partition coefficient (Wildman–Crippen LogP) is 5.08. The van der Waals surface area contributed by atoms with Gasteiger partial charge in [-0.25, -0.2) is 0 Å². The number of benzene rings is 2. The number of hydrogen-bond donors (Lipinski definition) is 1. The van der Waals surface area contributed by atoms with E-state index in [1.54, 1.807) is 6.07 Å². The van der Waals surface area contributed by atoms with Crippen molar-refractivity contribution in [2.24, 2.45) is 5.92 Å². The first-order chi connectivity index (χ1) is 12.6. The number of pyridine rings is 1. The van der Waals surface area contributed by atoms with E-state index in [-0.39, 0.29) is 5.43 Å². The Labute approximate surface area is 158 Å². The van der Waals surface area contributed by atoms with E-state index in [0.717, 1.165) is 35.4 Å². The summed E-state index contributed by atoms with van der Waals surface area (Å²) >= 11 is 6.15. The number of fused-ring (bicyclic) bond motifs is 1. The van der Waals surface area contributed by atoms with E-state index in [9.17, 15) is 4.79 Å². The fourth-order valence-corrected chi connectivity index (χ4v) is 4.13. The number of hydrogen-bond acceptors (Lipinski definition) is 2. The van der Waals surface area contributed by atoms with Gasteiger partial charge in [-0.15, -0.1) is 0 Å². The molecule has 1 aliphatic heterocycles. The van der Waals surface area contributed by atoms with E-state index >= 15 is 0 Å². The van der Waals surface area contributed by atoms with Crippen LogP contribution in [0.2, 0.25) is 5.02 Å². The number of aromatic nitrogens is 1. The normalized spacial score (nSPS) is 18.3. The summed E-state index contributed by atoms with van der Waals surface area (Å²) in [4.78, 5) is 19.2. The zero-order chi connectivity index (χ0) is 18.1. The van der Waals surface area contributed by atoms with Crippen LogP contribution in [-0.4, -0.2) is 23.0 Å². The van der Waals surface area contributed by atoms with Crippen molar-refractivity contribution < 1.29 is 0 Å². The highest BCUT2D eigenvalue weighted by Gasteiger charge is 2.21. The molecule has 0 spiro atoms. The maximum Gasteiger partial charge on any atom is 0.194 e. The van der Waals surface area contributed by atoms with Crippen LogP contribution in [0.5, 0.6) is 0 Å². The maximum absolute atomic E-state index is 13.3. The summed E-state index contributed by atoms with van der Waals surface area (Å²) in [7, 11) is 0. The van der Waals surface area contributed by atoms with Crippen molar-refractivity contribution in [3.63, 3.8) is 0 Å². The molecule has 134 valence electrons. The van der Waals surface area contributed by atoms with Crippen LogP contribution in [0.3, 0.4) is 0 Å². The molecule has 1 atom stereocenters. The van der Waals surface area contributed by atoms with Gasteiger partial charge in [0.15, 0.2) is 5.43 Å². The minimum absolute atomic E-state index is 0.0818. The smallest absolute Gasteiger partial charge is 0.194 e. The lowest BCUT2D eigenvalue weighted by molar-refractivity contribution is 0.176. The van der Waals surface area contributed by atoms with Gasteiger partial charge in [0.25, 0.3) is 0 Å². The Bertz CT molecular complexity index is 981. The maximum atomic E-state index is 13.3. The minimum Gasteiger partial charge on any atom is -0.354 e. The lowest BCUT2D eigenvalue weighted by Gasteiger charge is -2.31. The Balaban J connectivity index is 1.87. The van der Waals surface area contributed by atoms with Crippen LogP contribution in [0, 0.1) is 5.92 Å². The van der Waals surface area contributed by atoms with Gasteiger partial charge in [-0.05, 0) is 49.1 Å². The molecule has 1 fully saturated rings. The quantitative estimate of drug-likeness (QED) is 0.701. The molecule has 0 amide bonds. The van der Waals surface area contributed by atoms with Crippen molar-refractivity contribution in [2.75, 3.05) is 13.1 Å². The van der Waals surface area contributed by atoms with E-state index in [1.165, 1.54) is 12.8 Å². The number of likely N-dealkylation sites (tertiary alicyclic amines) is 1. The molecule has 3 aromatic rings. The molecule has 0 unspecified atom stereocenters. The average Bonchev–Trinajstić information content (AvgIpc) is 2.65. The molecule has 26 heavy (non-hydrogen) atoms. The molecule has 0 bridgehead atoms. The zero-order valence-corrected chi connectivity index (χ0v) is 15.7. The molecule has 1 aliphatic rings. The third-order valence-corrected chi connectivity index (χ3v) is 5.48. The van der Waals surface area contributed by atoms with E-state index < -0.39 is 0 Å². The van der Waals surface area contributed by atoms with Crippen LogP contribution in [0.4, 0.5) is 0 Å². The molecule has 1 aromatic heterocycles. The number of piperidine rings is 1. The summed E-state index contributed by atoms with van der Waals surface area (Å²) in [6, 6.07) is 15.6. The number of rotatable bonds is 3. The van der Waals surface area contributed by atoms with Gasteiger partial charge in [-0.2, -0.15) is 0 Å². The average molecular weight is 367 g/mol. The molecule has 0 radical (unpaired) electrons. The summed E-state index contributed by atoms with van der Waals surface area (Å²) in [6.45, 7) is 5.05. The van der Waals surface area contributed by atoms with E-state index in [2.05, 4.69) is 28.9 Å². The van der Waals surface area contributed by atoms with E-state index in [1.807, 2.05) is 30.3 Å². The zero-order valence-electron chi connectivity index (χ0n) is 15.0. The van der Waals surface area contributed by atoms with Crippen LogP contribution in [-0.2, 0) is 6.54 Å². The number of halogens is 1. The molecule has 1 N–H and O–H groups in total. The van der Waals surface area contributed by atoms with Gasteiger partial charge in [0, 0.05) is 34.6 Å². The molecule has 3 nitrogen and oxygen atoms in total. The van der Waals surface area contributed by atoms with Gasteiger partial charge >= 0.3 is 0 Å². The van der Waals surface area contributed by atoms with E-state index in [0.29, 0.717) is 22.9 Å². The largest absolute Gasteiger partial charge is 0.354 e. The Hall–Kier alpha value is -2.10. The summed E-state index contributed by atoms with van der Waals surface area (Å²) < 4.78 is 0. The van der Waals surface area contributed by atoms with Crippen molar-refractivity contribution in [2.45, 2.75) is 26.3 Å². The van der Waals surface area contributed by atoms with Crippen molar-refractivity contribution in [3.8, 4) is 11.3 Å². The Morgan fingerprint density at radius 3 is 2.77 bits per heavy atom. The first-order valence-corrected chi connectivity index (χ1v) is 9.62. The minimum atomic E-state index is 0.0818. The summed E-state index contributed by atoms with van der Waals surface area (Å²) in [6.07, 6.45) is 2.46. The van der Waals surface area contributed by atoms with Crippen molar-refractivity contribution in [1.82, 2.24) is 9.88 Å². The molecule has 0 aliphatic carbocycles. The van der Waals surface area contributed by atoms with Gasteiger partial charge in [0.05, 0.1) is 5.69 Å². The topological polar surface area (TPSA) is 36.1 Å². The molecule has 2 aromatic carbocycles. The summed E-state index contributed by atoms with van der Waals surface area (Å²) in [5, 5.41) is 1.25. The highest BCUT2D eigenvalue weighted by molar-refractivity contribution is 6.31. The highest BCUT2D eigenvalue weighted by Crippen LogP contribution is 2.26. The number of H-pyrrole nitrogens is 1. The van der Waals surface area contributed by atoms with Gasteiger partial charge < -0.3 is 4.98 Å². The molecular formula is C22H23ClN2O. The molecule has 2 heterocycles. The van der Waals surface area contributed by atoms with Crippen molar-refractivity contribution in [3.05, 3.63) is 69.3 Å². The van der Waals surface area contributed by atoms with Gasteiger partial charge in [0.1, 0.15) is 0 Å². The first kappa shape index (κ1) is 17.3. The van der Waals surface area contributed by atoms with Crippen LogP contribution in [0.1, 0.15) is 25.3 Å². The second-order valence-corrected chi connectivity index (χ2v) is 7.78. The number of aromatic amines is 1. The Morgan fingerprint density at radius 2 is 2.00 bits per heavy atom. The molecule has 4 heteroatoms. The van der Waals surface area contributed by atoms with E-state index in [4.69, 9.17) is 11.6 Å². The standard InChI is InChI=1S/C22H23ClN2O/c1-15-6-5-11-25(13-15)14-19-21(16-7-3-2-4-8-16)24-20-10-9-17(23)12-18(20)22(19)26/h2-4,7-10,12,15H,5-6,11,13-14H2,1H3,(H,24,26)/t15-/m1/s1. The Kier molecular flexibility index (Phi) is 4.84. The lowest BCUT2D eigenvalue weighted by atomic mass is 9.98. The number of nitrogens with zero attached hydrogens (tertiary/aromatic N) is 1. The molecule has 1 saturated heterocycles. The molecule has 4 rings (SSSR count). The van der Waals surface area contributed by atoms with Gasteiger partial charge in [-0.3, -0.25) is 9.69 Å². The highest BCUT2D eigenvalue weighted by atomic mass is 35.5. The lowest BCUT2D eigenvalue weighted by Crippen LogP contribution is -2.35. The van der Waals surface area contributed by atoms with Crippen LogP contribution < -0.4 is 5.43 Å². The number of nitrogens with one attached hydrogen (secondary N) is 1. The Morgan fingerprint density at radius 1 is 1.19 bits per heavy atom. The first-order valence-electron chi connectivity index (χ1n) is 9.24. The monoisotopic (exact) mass is 366 g/mol.